The van der Waals surface area contributed by atoms with Crippen LogP contribution >= 0.6 is 0 Å². The summed E-state index contributed by atoms with van der Waals surface area (Å²) in [6.07, 6.45) is 0.860. The molecule has 1 saturated heterocycles. The van der Waals surface area contributed by atoms with Crippen molar-refractivity contribution in [3.8, 4) is 0 Å². The molecule has 15 heavy (non-hydrogen) atoms. The van der Waals surface area contributed by atoms with E-state index in [0.717, 1.165) is 19.5 Å². The number of hydrogen-bond donors (Lipinski definition) is 2. The molecule has 6 heteroatoms. The topological polar surface area (TPSA) is 84.2 Å². The van der Waals surface area contributed by atoms with Crippen molar-refractivity contribution >= 4 is 11.8 Å². The SMILES string of the molecule is CN1CCC(OC(=O)c2cc(N)n[nH]2)C1. The molecule has 1 aliphatic rings. The van der Waals surface area contributed by atoms with E-state index in [1.807, 2.05) is 7.05 Å². The van der Waals surface area contributed by atoms with Gasteiger partial charge in [0.15, 0.2) is 0 Å². The zero-order valence-electron chi connectivity index (χ0n) is 8.56. The zero-order valence-corrected chi connectivity index (χ0v) is 8.56. The standard InChI is InChI=1S/C9H14N4O2/c1-13-3-2-6(5-13)15-9(14)7-4-8(10)12-11-7/h4,6H,2-3,5H2,1H3,(H3,10,11,12). The number of nitrogens with two attached hydrogens (primary N) is 1. The third kappa shape index (κ3) is 2.27. The van der Waals surface area contributed by atoms with E-state index in [1.54, 1.807) is 0 Å². The second-order valence-corrected chi connectivity index (χ2v) is 3.78. The molecule has 1 fully saturated rings. The van der Waals surface area contributed by atoms with E-state index >= 15 is 0 Å². The van der Waals surface area contributed by atoms with E-state index in [2.05, 4.69) is 15.1 Å². The fourth-order valence-electron chi connectivity index (χ4n) is 1.65. The molecule has 2 rings (SSSR count). The largest absolute Gasteiger partial charge is 0.456 e. The van der Waals surface area contributed by atoms with Gasteiger partial charge in [0.05, 0.1) is 0 Å². The lowest BCUT2D eigenvalue weighted by Gasteiger charge is -2.10. The molecule has 0 radical (unpaired) electrons. The maximum Gasteiger partial charge on any atom is 0.356 e. The maximum atomic E-state index is 11.6. The number of nitrogens with zero attached hydrogens (tertiary/aromatic N) is 2. The molecule has 3 N–H and O–H groups in total. The lowest BCUT2D eigenvalue weighted by atomic mass is 10.3. The molecule has 82 valence electrons. The molecule has 2 heterocycles. The van der Waals surface area contributed by atoms with E-state index in [4.69, 9.17) is 10.5 Å². The number of likely N-dealkylation sites (N-methyl/N-ethyl adjacent to an activating group) is 1. The second kappa shape index (κ2) is 3.90. The summed E-state index contributed by atoms with van der Waals surface area (Å²) < 4.78 is 5.27. The lowest BCUT2D eigenvalue weighted by Crippen LogP contribution is -2.22. The Labute approximate surface area is 87.4 Å². The molecule has 0 amide bonds. The van der Waals surface area contributed by atoms with E-state index in [0.29, 0.717) is 11.5 Å². The third-order valence-corrected chi connectivity index (χ3v) is 2.44. The Kier molecular flexibility index (Phi) is 2.59. The Morgan fingerprint density at radius 2 is 2.60 bits per heavy atom. The van der Waals surface area contributed by atoms with Gasteiger partial charge in [0.2, 0.25) is 0 Å². The normalized spacial score (nSPS) is 21.8. The van der Waals surface area contributed by atoms with Crippen molar-refractivity contribution in [1.29, 1.82) is 0 Å². The number of likely N-dealkylation sites (tertiary alicyclic amines) is 1. The van der Waals surface area contributed by atoms with Crippen LogP contribution in [-0.2, 0) is 4.74 Å². The van der Waals surface area contributed by atoms with Crippen LogP contribution in [0.25, 0.3) is 0 Å². The molecular weight excluding hydrogens is 196 g/mol. The predicted octanol–water partition coefficient (Wildman–Crippen LogP) is -0.147. The van der Waals surface area contributed by atoms with Gasteiger partial charge in [0.25, 0.3) is 0 Å². The molecule has 6 nitrogen and oxygen atoms in total. The molecule has 0 bridgehead atoms. The van der Waals surface area contributed by atoms with Gasteiger partial charge in [-0.05, 0) is 13.5 Å². The van der Waals surface area contributed by atoms with Gasteiger partial charge in [-0.1, -0.05) is 0 Å². The van der Waals surface area contributed by atoms with Gasteiger partial charge < -0.3 is 15.4 Å². The third-order valence-electron chi connectivity index (χ3n) is 2.44. The molecule has 1 aromatic heterocycles. The molecule has 1 aliphatic heterocycles. The van der Waals surface area contributed by atoms with Gasteiger partial charge in [0, 0.05) is 19.2 Å². The minimum absolute atomic E-state index is 0.0213. The number of nitrogen functional groups attached to an aromatic ring is 1. The van der Waals surface area contributed by atoms with Gasteiger partial charge >= 0.3 is 5.97 Å². The molecule has 0 spiro atoms. The molecule has 1 aromatic rings. The van der Waals surface area contributed by atoms with Crippen molar-refractivity contribution in [2.45, 2.75) is 12.5 Å². The van der Waals surface area contributed by atoms with Crippen LogP contribution in [0.5, 0.6) is 0 Å². The van der Waals surface area contributed by atoms with Crippen LogP contribution in [0.3, 0.4) is 0 Å². The summed E-state index contributed by atoms with van der Waals surface area (Å²) in [7, 11) is 2.00. The van der Waals surface area contributed by atoms with Crippen LogP contribution in [-0.4, -0.2) is 47.3 Å². The van der Waals surface area contributed by atoms with Crippen LogP contribution in [0.2, 0.25) is 0 Å². The summed E-state index contributed by atoms with van der Waals surface area (Å²) in [5.74, 6) is -0.0926. The first kappa shape index (κ1) is 9.97. The first-order valence-corrected chi connectivity index (χ1v) is 4.85. The maximum absolute atomic E-state index is 11.6. The Bertz CT molecular complexity index is 363. The number of anilines is 1. The minimum atomic E-state index is -0.389. The highest BCUT2D eigenvalue weighted by Gasteiger charge is 2.24. The van der Waals surface area contributed by atoms with E-state index in [-0.39, 0.29) is 12.1 Å². The van der Waals surface area contributed by atoms with Crippen molar-refractivity contribution in [3.05, 3.63) is 11.8 Å². The van der Waals surface area contributed by atoms with Crippen molar-refractivity contribution in [3.63, 3.8) is 0 Å². The van der Waals surface area contributed by atoms with E-state index < -0.39 is 0 Å². The Morgan fingerprint density at radius 3 is 3.13 bits per heavy atom. The monoisotopic (exact) mass is 210 g/mol. The first-order chi connectivity index (χ1) is 7.15. The van der Waals surface area contributed by atoms with Gasteiger partial charge in [-0.15, -0.1) is 0 Å². The second-order valence-electron chi connectivity index (χ2n) is 3.78. The molecule has 1 unspecified atom stereocenters. The van der Waals surface area contributed by atoms with E-state index in [1.165, 1.54) is 6.07 Å². The van der Waals surface area contributed by atoms with Crippen LogP contribution in [0.15, 0.2) is 6.07 Å². The van der Waals surface area contributed by atoms with Crippen LogP contribution < -0.4 is 5.73 Å². The lowest BCUT2D eigenvalue weighted by molar-refractivity contribution is 0.0320. The molecule has 0 aromatic carbocycles. The highest BCUT2D eigenvalue weighted by Crippen LogP contribution is 2.12. The van der Waals surface area contributed by atoms with Crippen molar-refractivity contribution < 1.29 is 9.53 Å². The number of H-pyrrole nitrogens is 1. The summed E-state index contributed by atoms with van der Waals surface area (Å²) in [6.45, 7) is 1.75. The van der Waals surface area contributed by atoms with Gasteiger partial charge in [-0.2, -0.15) is 5.10 Å². The Morgan fingerprint density at radius 1 is 1.80 bits per heavy atom. The van der Waals surface area contributed by atoms with E-state index in [9.17, 15) is 4.79 Å². The van der Waals surface area contributed by atoms with Crippen molar-refractivity contribution in [2.75, 3.05) is 25.9 Å². The number of aromatic amines is 1. The number of esters is 1. The fraction of sp³-hybridized carbons (Fsp3) is 0.556. The van der Waals surface area contributed by atoms with Crippen molar-refractivity contribution in [2.24, 2.45) is 0 Å². The number of ether oxygens (including phenoxy) is 1. The van der Waals surface area contributed by atoms with Gasteiger partial charge in [-0.25, -0.2) is 4.79 Å². The molecule has 1 atom stereocenters. The smallest absolute Gasteiger partial charge is 0.356 e. The predicted molar refractivity (Wildman–Crippen MR) is 54.3 cm³/mol. The number of hydrogen-bond acceptors (Lipinski definition) is 5. The van der Waals surface area contributed by atoms with Crippen LogP contribution in [0.1, 0.15) is 16.9 Å². The highest BCUT2D eigenvalue weighted by molar-refractivity contribution is 5.88. The Balaban J connectivity index is 1.92. The van der Waals surface area contributed by atoms with Gasteiger partial charge in [-0.3, -0.25) is 5.10 Å². The van der Waals surface area contributed by atoms with Crippen LogP contribution in [0, 0.1) is 0 Å². The molecule has 0 saturated carbocycles. The summed E-state index contributed by atoms with van der Waals surface area (Å²) >= 11 is 0. The average Bonchev–Trinajstić information content (AvgIpc) is 2.75. The number of carbonyl (C=O) groups excluding carboxylic acids is 1. The molecule has 0 aliphatic carbocycles. The fourth-order valence-corrected chi connectivity index (χ4v) is 1.65. The number of aromatic nitrogens is 2. The average molecular weight is 210 g/mol. The van der Waals surface area contributed by atoms with Crippen LogP contribution in [0.4, 0.5) is 5.82 Å². The molecular formula is C9H14N4O2. The summed E-state index contributed by atoms with van der Waals surface area (Å²) in [5.41, 5.74) is 5.70. The minimum Gasteiger partial charge on any atom is -0.456 e. The first-order valence-electron chi connectivity index (χ1n) is 4.85. The zero-order chi connectivity index (χ0) is 10.8. The highest BCUT2D eigenvalue weighted by atomic mass is 16.5. The van der Waals surface area contributed by atoms with Gasteiger partial charge in [0.1, 0.15) is 17.6 Å². The number of nitrogens with one attached hydrogen (secondary N) is 1. The van der Waals surface area contributed by atoms with Crippen molar-refractivity contribution in [1.82, 2.24) is 15.1 Å². The quantitative estimate of drug-likeness (QED) is 0.663. The number of rotatable bonds is 2. The summed E-state index contributed by atoms with van der Waals surface area (Å²) in [5, 5.41) is 6.20. The number of carbonyl (C=O) groups is 1. The summed E-state index contributed by atoms with van der Waals surface area (Å²) in [6, 6.07) is 1.47. The summed E-state index contributed by atoms with van der Waals surface area (Å²) in [4.78, 5) is 13.7. The Hall–Kier alpha value is -1.56.